The van der Waals surface area contributed by atoms with E-state index in [9.17, 15) is 18.4 Å². The number of ether oxygens (including phenoxy) is 1. The minimum absolute atomic E-state index is 0.104. The predicted molar refractivity (Wildman–Crippen MR) is 136 cm³/mol. The Morgan fingerprint density at radius 2 is 1.97 bits per heavy atom. The van der Waals surface area contributed by atoms with Crippen LogP contribution >= 0.6 is 0 Å². The van der Waals surface area contributed by atoms with Gasteiger partial charge in [0.2, 0.25) is 0 Å². The molecule has 3 heterocycles. The lowest BCUT2D eigenvalue weighted by Crippen LogP contribution is -2.40. The van der Waals surface area contributed by atoms with Gasteiger partial charge in [-0.05, 0) is 38.4 Å². The van der Waals surface area contributed by atoms with Crippen molar-refractivity contribution in [1.82, 2.24) is 25.0 Å². The molecule has 0 saturated carbocycles. The number of aromatic nitrogens is 3. The van der Waals surface area contributed by atoms with Crippen LogP contribution in [-0.4, -0.2) is 64.8 Å². The third-order valence-corrected chi connectivity index (χ3v) is 6.50. The SMILES string of the molecule is CONC(=O)c1cc(Nc2ncnn3cc(NC(=O)OCC4CCCCN4C)c(C(C)C)c23)c(F)cc1F. The Bertz CT molecular complexity index is 1330. The lowest BCUT2D eigenvalue weighted by atomic mass is 10.0. The Kier molecular flexibility index (Phi) is 8.37. The Balaban J connectivity index is 1.62. The first kappa shape index (κ1) is 27.2. The number of nitrogens with zero attached hydrogens (tertiary/aromatic N) is 4. The van der Waals surface area contributed by atoms with E-state index in [1.165, 1.54) is 18.0 Å². The molecular weight excluding hydrogens is 500 g/mol. The van der Waals surface area contributed by atoms with Crippen LogP contribution in [0.15, 0.2) is 24.7 Å². The number of carbonyl (C=O) groups excluding carboxylic acids is 2. The number of hydroxylamine groups is 1. The highest BCUT2D eigenvalue weighted by molar-refractivity contribution is 5.95. The van der Waals surface area contributed by atoms with Crippen molar-refractivity contribution in [1.29, 1.82) is 0 Å². The molecule has 11 nitrogen and oxygen atoms in total. The van der Waals surface area contributed by atoms with Gasteiger partial charge < -0.3 is 15.0 Å². The van der Waals surface area contributed by atoms with Crippen molar-refractivity contribution in [3.05, 3.63) is 47.4 Å². The van der Waals surface area contributed by atoms with Gasteiger partial charge in [-0.15, -0.1) is 0 Å². The summed E-state index contributed by atoms with van der Waals surface area (Å²) in [6, 6.07) is 1.80. The number of rotatable bonds is 8. The quantitative estimate of drug-likeness (QED) is 0.370. The summed E-state index contributed by atoms with van der Waals surface area (Å²) < 4.78 is 35.9. The first-order valence-electron chi connectivity index (χ1n) is 12.3. The number of benzene rings is 1. The molecule has 13 heteroatoms. The van der Waals surface area contributed by atoms with Crippen LogP contribution in [0.5, 0.6) is 0 Å². The van der Waals surface area contributed by atoms with E-state index in [-0.39, 0.29) is 30.1 Å². The number of halogens is 2. The van der Waals surface area contributed by atoms with Crippen LogP contribution in [0.1, 0.15) is 54.9 Å². The lowest BCUT2D eigenvalue weighted by Gasteiger charge is -2.31. The number of carbonyl (C=O) groups is 2. The molecule has 0 aliphatic carbocycles. The second-order valence-corrected chi connectivity index (χ2v) is 9.44. The first-order chi connectivity index (χ1) is 18.2. The van der Waals surface area contributed by atoms with Gasteiger partial charge in [0.05, 0.1) is 30.2 Å². The maximum absolute atomic E-state index is 14.7. The van der Waals surface area contributed by atoms with Crippen LogP contribution in [0.4, 0.5) is 30.8 Å². The molecule has 0 bridgehead atoms. The van der Waals surface area contributed by atoms with Gasteiger partial charge in [0.15, 0.2) is 5.82 Å². The number of likely N-dealkylation sites (tertiary alicyclic amines) is 1. The molecule has 2 amide bonds. The van der Waals surface area contributed by atoms with E-state index in [0.29, 0.717) is 22.8 Å². The third-order valence-electron chi connectivity index (χ3n) is 6.50. The zero-order valence-electron chi connectivity index (χ0n) is 21.7. The van der Waals surface area contributed by atoms with Gasteiger partial charge in [0.1, 0.15) is 30.1 Å². The van der Waals surface area contributed by atoms with E-state index >= 15 is 0 Å². The highest BCUT2D eigenvalue weighted by Crippen LogP contribution is 2.35. The largest absolute Gasteiger partial charge is 0.448 e. The summed E-state index contributed by atoms with van der Waals surface area (Å²) in [6.45, 7) is 5.10. The maximum atomic E-state index is 14.7. The van der Waals surface area contributed by atoms with Crippen LogP contribution in [-0.2, 0) is 9.57 Å². The van der Waals surface area contributed by atoms with E-state index in [2.05, 4.69) is 30.5 Å². The average molecular weight is 532 g/mol. The maximum Gasteiger partial charge on any atom is 0.411 e. The molecule has 1 aliphatic heterocycles. The smallest absolute Gasteiger partial charge is 0.411 e. The molecule has 1 saturated heterocycles. The van der Waals surface area contributed by atoms with Crippen LogP contribution < -0.4 is 16.1 Å². The van der Waals surface area contributed by atoms with Crippen LogP contribution in [0.2, 0.25) is 0 Å². The van der Waals surface area contributed by atoms with Gasteiger partial charge in [-0.25, -0.2) is 28.6 Å². The minimum Gasteiger partial charge on any atom is -0.448 e. The Labute approximate surface area is 218 Å². The number of amides is 2. The van der Waals surface area contributed by atoms with Crippen LogP contribution in [0, 0.1) is 11.6 Å². The summed E-state index contributed by atoms with van der Waals surface area (Å²) >= 11 is 0. The van der Waals surface area contributed by atoms with Gasteiger partial charge in [-0.1, -0.05) is 20.3 Å². The summed E-state index contributed by atoms with van der Waals surface area (Å²) in [6.07, 6.45) is 5.47. The molecular formula is C25H31F2N7O4. The Morgan fingerprint density at radius 1 is 1.18 bits per heavy atom. The monoisotopic (exact) mass is 531 g/mol. The summed E-state index contributed by atoms with van der Waals surface area (Å²) in [5, 5.41) is 9.85. The molecule has 1 atom stereocenters. The standard InChI is InChI=1S/C25H31F2N7O4/c1-14(2)21-20(31-25(36)38-12-15-7-5-6-8-33(15)3)11-34-22(21)23(28-13-29-34)30-19-9-16(24(35)32-37-4)17(26)10-18(19)27/h9-11,13-15H,5-8,12H2,1-4H3,(H,31,36)(H,32,35)(H,28,29,30). The fourth-order valence-corrected chi connectivity index (χ4v) is 4.58. The number of likely N-dealkylation sites (N-methyl/N-ethyl adjacent to an activating group) is 1. The lowest BCUT2D eigenvalue weighted by molar-refractivity contribution is 0.0533. The summed E-state index contributed by atoms with van der Waals surface area (Å²) in [5.74, 6) is -2.77. The predicted octanol–water partition coefficient (Wildman–Crippen LogP) is 4.20. The van der Waals surface area contributed by atoms with Crippen molar-refractivity contribution < 1.29 is 27.9 Å². The first-order valence-corrected chi connectivity index (χ1v) is 12.3. The van der Waals surface area contributed by atoms with Crippen molar-refractivity contribution >= 4 is 34.7 Å². The molecule has 204 valence electrons. The van der Waals surface area contributed by atoms with Crippen molar-refractivity contribution in [2.24, 2.45) is 0 Å². The summed E-state index contributed by atoms with van der Waals surface area (Å²) in [5.41, 5.74) is 3.01. The number of hydrogen-bond donors (Lipinski definition) is 3. The molecule has 3 N–H and O–H groups in total. The van der Waals surface area contributed by atoms with Crippen molar-refractivity contribution in [3.8, 4) is 0 Å². The van der Waals surface area contributed by atoms with Crippen molar-refractivity contribution in [3.63, 3.8) is 0 Å². The third kappa shape index (κ3) is 5.83. The number of hydrogen-bond acceptors (Lipinski definition) is 8. The van der Waals surface area contributed by atoms with Crippen molar-refractivity contribution in [2.45, 2.75) is 45.1 Å². The van der Waals surface area contributed by atoms with Crippen molar-refractivity contribution in [2.75, 3.05) is 37.9 Å². The Morgan fingerprint density at radius 3 is 2.68 bits per heavy atom. The highest BCUT2D eigenvalue weighted by Gasteiger charge is 2.24. The number of fused-ring (bicyclic) bond motifs is 1. The topological polar surface area (TPSA) is 122 Å². The van der Waals surface area contributed by atoms with Gasteiger partial charge in [0, 0.05) is 17.7 Å². The summed E-state index contributed by atoms with van der Waals surface area (Å²) in [4.78, 5) is 35.8. The van der Waals surface area contributed by atoms with E-state index < -0.39 is 29.2 Å². The van der Waals surface area contributed by atoms with Crippen LogP contribution in [0.25, 0.3) is 5.52 Å². The molecule has 1 aromatic carbocycles. The molecule has 1 fully saturated rings. The molecule has 4 rings (SSSR count). The average Bonchev–Trinajstić information content (AvgIpc) is 3.24. The van der Waals surface area contributed by atoms with E-state index in [1.807, 2.05) is 26.4 Å². The van der Waals surface area contributed by atoms with E-state index in [4.69, 9.17) is 4.74 Å². The van der Waals surface area contributed by atoms with E-state index in [0.717, 1.165) is 31.9 Å². The normalized spacial score (nSPS) is 16.0. The Hall–Kier alpha value is -3.84. The molecule has 1 aliphatic rings. The highest BCUT2D eigenvalue weighted by atomic mass is 19.1. The van der Waals surface area contributed by atoms with Gasteiger partial charge in [-0.3, -0.25) is 14.9 Å². The van der Waals surface area contributed by atoms with Gasteiger partial charge in [-0.2, -0.15) is 5.10 Å². The second-order valence-electron chi connectivity index (χ2n) is 9.44. The zero-order valence-corrected chi connectivity index (χ0v) is 21.7. The number of anilines is 3. The van der Waals surface area contributed by atoms with Crippen LogP contribution in [0.3, 0.4) is 0 Å². The molecule has 0 radical (unpaired) electrons. The number of piperidine rings is 1. The minimum atomic E-state index is -1.05. The zero-order chi connectivity index (χ0) is 27.4. The fraction of sp³-hybridized carbons (Fsp3) is 0.440. The molecule has 1 unspecified atom stereocenters. The molecule has 2 aromatic heterocycles. The molecule has 38 heavy (non-hydrogen) atoms. The van der Waals surface area contributed by atoms with Gasteiger partial charge in [0.25, 0.3) is 5.91 Å². The second kappa shape index (κ2) is 11.7. The summed E-state index contributed by atoms with van der Waals surface area (Å²) in [7, 11) is 3.22. The number of nitrogens with one attached hydrogen (secondary N) is 3. The van der Waals surface area contributed by atoms with E-state index in [1.54, 1.807) is 6.20 Å². The molecule has 3 aromatic rings. The molecule has 0 spiro atoms. The van der Waals surface area contributed by atoms with Gasteiger partial charge >= 0.3 is 6.09 Å². The fourth-order valence-electron chi connectivity index (χ4n) is 4.58.